The van der Waals surface area contributed by atoms with Gasteiger partial charge >= 0.3 is 236 Å². The van der Waals surface area contributed by atoms with Gasteiger partial charge in [-0.1, -0.05) is 0 Å². The molecule has 0 saturated heterocycles. The maximum atomic E-state index is 2.71. The van der Waals surface area contributed by atoms with E-state index in [4.69, 9.17) is 0 Å². The molecule has 0 bridgehead atoms. The van der Waals surface area contributed by atoms with Crippen LogP contribution in [0.4, 0.5) is 0 Å². The molecule has 37 heavy (non-hydrogen) atoms. The third-order valence-electron chi connectivity index (χ3n) is 9.37. The fourth-order valence-corrected chi connectivity index (χ4v) is 14.2. The predicted molar refractivity (Wildman–Crippen MR) is 160 cm³/mol. The summed E-state index contributed by atoms with van der Waals surface area (Å²) < 4.78 is 5.29. The molecule has 1 saturated carbocycles. The summed E-state index contributed by atoms with van der Waals surface area (Å²) in [5, 5.41) is 0. The Morgan fingerprint density at radius 1 is 0.811 bits per heavy atom. The molecule has 0 aromatic heterocycles. The van der Waals surface area contributed by atoms with Gasteiger partial charge in [-0.3, -0.25) is 0 Å². The van der Waals surface area contributed by atoms with Crippen LogP contribution < -0.4 is 3.27 Å². The summed E-state index contributed by atoms with van der Waals surface area (Å²) in [5.41, 5.74) is 11.6. The number of fused-ring (bicyclic) bond motifs is 3. The van der Waals surface area contributed by atoms with Crippen LogP contribution in [0.15, 0.2) is 51.3 Å². The van der Waals surface area contributed by atoms with Crippen molar-refractivity contribution in [2.75, 3.05) is 0 Å². The molecule has 5 rings (SSSR count). The molecule has 0 N–H and O–H groups in total. The summed E-state index contributed by atoms with van der Waals surface area (Å²) >= 11 is -2.20. The zero-order valence-electron chi connectivity index (χ0n) is 25.0. The molecule has 0 atom stereocenters. The van der Waals surface area contributed by atoms with E-state index in [2.05, 4.69) is 105 Å². The van der Waals surface area contributed by atoms with Crippen LogP contribution in [0.25, 0.3) is 11.1 Å². The Labute approximate surface area is 234 Å². The summed E-state index contributed by atoms with van der Waals surface area (Å²) in [6.45, 7) is 21.6. The van der Waals surface area contributed by atoms with E-state index in [1.54, 1.807) is 17.6 Å². The molecule has 0 amide bonds. The molecule has 1 fully saturated rings. The first-order valence-corrected chi connectivity index (χ1v) is 18.4. The number of hydrogen-bond donors (Lipinski definition) is 0. The van der Waals surface area contributed by atoms with Crippen molar-refractivity contribution < 1.29 is 21.3 Å². The average molecular weight is 572 g/mol. The zero-order valence-corrected chi connectivity index (χ0v) is 27.4. The van der Waals surface area contributed by atoms with Crippen LogP contribution in [-0.2, 0) is 38.5 Å². The Kier molecular flexibility index (Phi) is 7.14. The summed E-state index contributed by atoms with van der Waals surface area (Å²) in [6, 6.07) is 12.5. The van der Waals surface area contributed by atoms with E-state index in [0.29, 0.717) is 5.41 Å². The van der Waals surface area contributed by atoms with E-state index in [1.807, 2.05) is 3.28 Å². The second kappa shape index (κ2) is 9.70. The minimum atomic E-state index is -2.20. The predicted octanol–water partition coefficient (Wildman–Crippen LogP) is 9.49. The molecule has 0 nitrogen and oxygen atoms in total. The van der Waals surface area contributed by atoms with Gasteiger partial charge in [0.15, 0.2) is 0 Å². The molecule has 1 heteroatoms. The molecule has 0 spiro atoms. The summed E-state index contributed by atoms with van der Waals surface area (Å²) in [6.07, 6.45) is 14.6. The van der Waals surface area contributed by atoms with Gasteiger partial charge in [0.1, 0.15) is 0 Å². The van der Waals surface area contributed by atoms with Crippen LogP contribution in [0.3, 0.4) is 0 Å². The number of hydrogen-bond acceptors (Lipinski definition) is 0. The Balaban J connectivity index is 1.65. The first kappa shape index (κ1) is 27.2. The van der Waals surface area contributed by atoms with Crippen LogP contribution in [0.2, 0.25) is 0 Å². The van der Waals surface area contributed by atoms with Gasteiger partial charge in [-0.15, -0.1) is 0 Å². The van der Waals surface area contributed by atoms with Crippen molar-refractivity contribution in [2.24, 2.45) is 5.41 Å². The molecular weight excluding hydrogens is 524 g/mol. The van der Waals surface area contributed by atoms with Gasteiger partial charge in [-0.2, -0.15) is 0 Å². The summed E-state index contributed by atoms with van der Waals surface area (Å²) in [5.74, 6) is 0. The maximum absolute atomic E-state index is 2.71. The first-order valence-electron chi connectivity index (χ1n) is 14.7. The van der Waals surface area contributed by atoms with Crippen molar-refractivity contribution in [2.45, 2.75) is 118 Å². The third-order valence-corrected chi connectivity index (χ3v) is 16.7. The standard InChI is InChI=1S/C21H25.C12H17.C3H6.Zr/c1-20(2,3)16-9-7-14-11-15-8-10-17(21(4,5)6)13-19(15)18(14)12-16;1-12(9-5-2-6-10-12)11-7-3-4-8-11;1-3-2;/h7,9-10,12-13H,11H2,1-6H3;7-8H,2-3,5-6,9-10H2,1H3;1-2H3;. The zero-order chi connectivity index (χ0) is 26.8. The fourth-order valence-electron chi connectivity index (χ4n) is 6.90. The molecule has 0 radical (unpaired) electrons. The molecule has 0 unspecified atom stereocenters. The van der Waals surface area contributed by atoms with E-state index in [1.165, 1.54) is 66.3 Å². The fraction of sp³-hybridized carbons (Fsp3) is 0.528. The van der Waals surface area contributed by atoms with Crippen molar-refractivity contribution in [3.8, 4) is 11.1 Å². The van der Waals surface area contributed by atoms with Gasteiger partial charge in [0.2, 0.25) is 0 Å². The molecule has 0 aliphatic heterocycles. The molecule has 3 aliphatic carbocycles. The molecule has 2 aromatic carbocycles. The molecule has 3 aliphatic rings. The normalized spacial score (nSPS) is 18.7. The second-order valence-corrected chi connectivity index (χ2v) is 21.8. The van der Waals surface area contributed by atoms with Crippen molar-refractivity contribution >= 4 is 6.48 Å². The van der Waals surface area contributed by atoms with Crippen LogP contribution in [-0.4, -0.2) is 3.21 Å². The minimum absolute atomic E-state index is 0.146. The van der Waals surface area contributed by atoms with Gasteiger partial charge in [-0.05, 0) is 0 Å². The van der Waals surface area contributed by atoms with E-state index >= 15 is 0 Å². The van der Waals surface area contributed by atoms with Crippen LogP contribution in [0, 0.1) is 5.41 Å². The van der Waals surface area contributed by atoms with Crippen molar-refractivity contribution in [1.82, 2.24) is 0 Å². The van der Waals surface area contributed by atoms with E-state index in [0.717, 1.165) is 6.42 Å². The number of benzene rings is 2. The van der Waals surface area contributed by atoms with E-state index in [9.17, 15) is 0 Å². The monoisotopic (exact) mass is 570 g/mol. The van der Waals surface area contributed by atoms with Crippen LogP contribution in [0.5, 0.6) is 0 Å². The van der Waals surface area contributed by atoms with Crippen molar-refractivity contribution in [1.29, 1.82) is 0 Å². The Morgan fingerprint density at radius 2 is 1.46 bits per heavy atom. The number of rotatable bonds is 3. The SMILES string of the molecule is C[C](C)=[Zr]([C]1=CC(C2(C)CCCCC2)=CC1)[c]1cc(C(C)(C)C)cc2c1Cc1ccc(C(C)(C)C)cc1-2. The van der Waals surface area contributed by atoms with Gasteiger partial charge < -0.3 is 0 Å². The average Bonchev–Trinajstić information content (AvgIpc) is 3.43. The Bertz CT molecular complexity index is 1320. The van der Waals surface area contributed by atoms with Gasteiger partial charge in [0.25, 0.3) is 0 Å². The van der Waals surface area contributed by atoms with Gasteiger partial charge in [0.05, 0.1) is 0 Å². The van der Waals surface area contributed by atoms with Crippen molar-refractivity contribution in [3.63, 3.8) is 0 Å². The Morgan fingerprint density at radius 3 is 2.08 bits per heavy atom. The van der Waals surface area contributed by atoms with Gasteiger partial charge in [-0.25, -0.2) is 0 Å². The third kappa shape index (κ3) is 5.16. The molecular formula is C36H48Zr. The second-order valence-electron chi connectivity index (χ2n) is 14.6. The summed E-state index contributed by atoms with van der Waals surface area (Å²) in [7, 11) is 0. The van der Waals surface area contributed by atoms with Gasteiger partial charge in [0, 0.05) is 0 Å². The first-order chi connectivity index (χ1) is 17.3. The molecule has 0 heterocycles. The van der Waals surface area contributed by atoms with Crippen LogP contribution >= 0.6 is 0 Å². The van der Waals surface area contributed by atoms with E-state index in [-0.39, 0.29) is 10.8 Å². The van der Waals surface area contributed by atoms with Crippen molar-refractivity contribution in [3.05, 3.63) is 73.6 Å². The quantitative estimate of drug-likeness (QED) is 0.294. The molecule has 2 aromatic rings. The summed E-state index contributed by atoms with van der Waals surface area (Å²) in [4.78, 5) is 0. The topological polar surface area (TPSA) is 0 Å². The Hall–Kier alpha value is -1.33. The van der Waals surface area contributed by atoms with E-state index < -0.39 is 21.3 Å². The van der Waals surface area contributed by atoms with Crippen LogP contribution in [0.1, 0.15) is 123 Å². The number of allylic oxidation sites excluding steroid dienone is 4. The molecule has 196 valence electrons.